The number of ether oxygens (including phenoxy) is 1. The first-order valence-corrected chi connectivity index (χ1v) is 6.54. The number of anilines is 1. The van der Waals surface area contributed by atoms with Crippen molar-refractivity contribution < 1.29 is 9.53 Å². The van der Waals surface area contributed by atoms with Crippen molar-refractivity contribution in [3.63, 3.8) is 0 Å². The maximum Gasteiger partial charge on any atom is 0.412 e. The Balaban J connectivity index is 2.77. The van der Waals surface area contributed by atoms with Crippen LogP contribution in [0.3, 0.4) is 0 Å². The van der Waals surface area contributed by atoms with E-state index in [0.29, 0.717) is 5.69 Å². The van der Waals surface area contributed by atoms with Crippen LogP contribution in [0.2, 0.25) is 0 Å². The Morgan fingerprint density at radius 3 is 2.61 bits per heavy atom. The second-order valence-electron chi connectivity index (χ2n) is 4.97. The molecule has 0 aliphatic carbocycles. The lowest BCUT2D eigenvalue weighted by Crippen LogP contribution is -2.27. The predicted octanol–water partition coefficient (Wildman–Crippen LogP) is 3.52. The summed E-state index contributed by atoms with van der Waals surface area (Å²) in [6.07, 6.45) is -0.454. The Kier molecular flexibility index (Phi) is 5.16. The Morgan fingerprint density at radius 2 is 2.06 bits per heavy atom. The van der Waals surface area contributed by atoms with Crippen molar-refractivity contribution in [3.05, 3.63) is 28.2 Å². The summed E-state index contributed by atoms with van der Waals surface area (Å²) >= 11 is 3.40. The summed E-state index contributed by atoms with van der Waals surface area (Å²) < 4.78 is 6.04. The molecule has 0 radical (unpaired) electrons. The number of hydrogen-bond donors (Lipinski definition) is 2. The maximum absolute atomic E-state index is 11.7. The van der Waals surface area contributed by atoms with Crippen molar-refractivity contribution in [1.82, 2.24) is 5.32 Å². The van der Waals surface area contributed by atoms with Gasteiger partial charge in [-0.3, -0.25) is 5.32 Å². The van der Waals surface area contributed by atoms with E-state index in [1.807, 2.05) is 46.0 Å². The number of rotatable bonds is 3. The topological polar surface area (TPSA) is 50.4 Å². The monoisotopic (exact) mass is 314 g/mol. The van der Waals surface area contributed by atoms with Crippen LogP contribution in [0.4, 0.5) is 10.5 Å². The van der Waals surface area contributed by atoms with Gasteiger partial charge in [0.1, 0.15) is 5.60 Å². The van der Waals surface area contributed by atoms with E-state index < -0.39 is 11.7 Å². The highest BCUT2D eigenvalue weighted by molar-refractivity contribution is 9.10. The minimum absolute atomic E-state index is 0.454. The lowest BCUT2D eigenvalue weighted by molar-refractivity contribution is 0.0636. The van der Waals surface area contributed by atoms with Gasteiger partial charge in [-0.1, -0.05) is 6.07 Å². The second-order valence-corrected chi connectivity index (χ2v) is 5.83. The van der Waals surface area contributed by atoms with Crippen molar-refractivity contribution in [3.8, 4) is 0 Å². The summed E-state index contributed by atoms with van der Waals surface area (Å²) in [5, 5.41) is 5.79. The summed E-state index contributed by atoms with van der Waals surface area (Å²) in [5.74, 6) is 0. The molecule has 2 N–H and O–H groups in total. The molecule has 0 saturated heterocycles. The van der Waals surface area contributed by atoms with Gasteiger partial charge in [0.05, 0.1) is 5.69 Å². The molecule has 0 atom stereocenters. The molecule has 0 fully saturated rings. The summed E-state index contributed by atoms with van der Waals surface area (Å²) in [6, 6.07) is 5.80. The summed E-state index contributed by atoms with van der Waals surface area (Å²) in [4.78, 5) is 11.7. The first kappa shape index (κ1) is 15.0. The van der Waals surface area contributed by atoms with Gasteiger partial charge in [0.15, 0.2) is 0 Å². The molecule has 1 amide bonds. The van der Waals surface area contributed by atoms with Crippen LogP contribution in [0.1, 0.15) is 26.3 Å². The molecule has 0 aromatic heterocycles. The smallest absolute Gasteiger partial charge is 0.412 e. The van der Waals surface area contributed by atoms with Gasteiger partial charge < -0.3 is 10.1 Å². The van der Waals surface area contributed by atoms with Gasteiger partial charge in [-0.2, -0.15) is 0 Å². The van der Waals surface area contributed by atoms with Crippen LogP contribution in [-0.2, 0) is 11.3 Å². The molecule has 18 heavy (non-hydrogen) atoms. The Morgan fingerprint density at radius 1 is 1.39 bits per heavy atom. The van der Waals surface area contributed by atoms with Crippen LogP contribution in [0.25, 0.3) is 0 Å². The molecular weight excluding hydrogens is 296 g/mol. The number of benzene rings is 1. The van der Waals surface area contributed by atoms with Gasteiger partial charge >= 0.3 is 6.09 Å². The van der Waals surface area contributed by atoms with Gasteiger partial charge in [0.2, 0.25) is 0 Å². The summed E-state index contributed by atoms with van der Waals surface area (Å²) in [5.41, 5.74) is 1.29. The van der Waals surface area contributed by atoms with Crippen molar-refractivity contribution in [2.45, 2.75) is 32.9 Å². The molecule has 0 unspecified atom stereocenters. The number of hydrogen-bond acceptors (Lipinski definition) is 3. The van der Waals surface area contributed by atoms with E-state index in [0.717, 1.165) is 16.6 Å². The lowest BCUT2D eigenvalue weighted by Gasteiger charge is -2.20. The van der Waals surface area contributed by atoms with Crippen LogP contribution >= 0.6 is 15.9 Å². The molecule has 1 aromatic carbocycles. The number of halogens is 1. The normalized spacial score (nSPS) is 11.2. The first-order valence-electron chi connectivity index (χ1n) is 5.75. The van der Waals surface area contributed by atoms with E-state index in [1.165, 1.54) is 0 Å². The van der Waals surface area contributed by atoms with Gasteiger partial charge in [0, 0.05) is 11.0 Å². The van der Waals surface area contributed by atoms with E-state index in [4.69, 9.17) is 4.74 Å². The molecule has 0 spiro atoms. The van der Waals surface area contributed by atoms with Crippen molar-refractivity contribution in [1.29, 1.82) is 0 Å². The van der Waals surface area contributed by atoms with Crippen molar-refractivity contribution in [2.75, 3.05) is 12.4 Å². The molecule has 5 heteroatoms. The second kappa shape index (κ2) is 6.20. The van der Waals surface area contributed by atoms with E-state index >= 15 is 0 Å². The standard InChI is InChI=1S/C13H19BrN2O2/c1-13(2,3)18-12(17)16-11-7-9(8-15-4)5-6-10(11)14/h5-7,15H,8H2,1-4H3,(H,16,17). The molecule has 0 aliphatic rings. The Hall–Kier alpha value is -1.07. The first-order chi connectivity index (χ1) is 8.31. The van der Waals surface area contributed by atoms with Crippen molar-refractivity contribution in [2.24, 2.45) is 0 Å². The fourth-order valence-electron chi connectivity index (χ4n) is 1.40. The minimum Gasteiger partial charge on any atom is -0.444 e. The predicted molar refractivity (Wildman–Crippen MR) is 76.8 cm³/mol. The number of carbonyl (C=O) groups excluding carboxylic acids is 1. The zero-order chi connectivity index (χ0) is 13.8. The van der Waals surface area contributed by atoms with Gasteiger partial charge in [-0.25, -0.2) is 4.79 Å². The molecule has 0 saturated carbocycles. The quantitative estimate of drug-likeness (QED) is 0.897. The summed E-state index contributed by atoms with van der Waals surface area (Å²) in [7, 11) is 1.88. The van der Waals surface area contributed by atoms with Gasteiger partial charge in [-0.05, 0) is 61.4 Å². The van der Waals surface area contributed by atoms with E-state index in [2.05, 4.69) is 26.6 Å². The molecule has 0 aliphatic heterocycles. The van der Waals surface area contributed by atoms with Gasteiger partial charge in [-0.15, -0.1) is 0 Å². The lowest BCUT2D eigenvalue weighted by atomic mass is 10.2. The Labute approximate surface area is 116 Å². The molecule has 0 heterocycles. The largest absolute Gasteiger partial charge is 0.444 e. The fraction of sp³-hybridized carbons (Fsp3) is 0.462. The fourth-order valence-corrected chi connectivity index (χ4v) is 1.74. The van der Waals surface area contributed by atoms with Crippen LogP contribution in [0.15, 0.2) is 22.7 Å². The SMILES string of the molecule is CNCc1ccc(Br)c(NC(=O)OC(C)(C)C)c1. The van der Waals surface area contributed by atoms with E-state index in [1.54, 1.807) is 0 Å². The minimum atomic E-state index is -0.501. The molecule has 1 rings (SSSR count). The average Bonchev–Trinajstić information content (AvgIpc) is 2.20. The third-order valence-corrected chi connectivity index (χ3v) is 2.74. The number of carbonyl (C=O) groups is 1. The number of nitrogens with one attached hydrogen (secondary N) is 2. The molecular formula is C13H19BrN2O2. The molecule has 100 valence electrons. The third-order valence-electron chi connectivity index (χ3n) is 2.05. The van der Waals surface area contributed by atoms with Crippen LogP contribution in [0, 0.1) is 0 Å². The van der Waals surface area contributed by atoms with Crippen LogP contribution in [-0.4, -0.2) is 18.7 Å². The molecule has 0 bridgehead atoms. The van der Waals surface area contributed by atoms with Gasteiger partial charge in [0.25, 0.3) is 0 Å². The zero-order valence-corrected chi connectivity index (χ0v) is 12.7. The molecule has 4 nitrogen and oxygen atoms in total. The third kappa shape index (κ3) is 5.06. The highest BCUT2D eigenvalue weighted by Gasteiger charge is 2.17. The maximum atomic E-state index is 11.7. The number of amides is 1. The highest BCUT2D eigenvalue weighted by Crippen LogP contribution is 2.24. The molecule has 1 aromatic rings. The van der Waals surface area contributed by atoms with E-state index in [9.17, 15) is 4.79 Å². The van der Waals surface area contributed by atoms with Crippen LogP contribution < -0.4 is 10.6 Å². The van der Waals surface area contributed by atoms with Crippen LogP contribution in [0.5, 0.6) is 0 Å². The highest BCUT2D eigenvalue weighted by atomic mass is 79.9. The van der Waals surface area contributed by atoms with E-state index in [-0.39, 0.29) is 0 Å². The zero-order valence-electron chi connectivity index (χ0n) is 11.1. The average molecular weight is 315 g/mol. The Bertz CT molecular complexity index is 427. The summed E-state index contributed by atoms with van der Waals surface area (Å²) in [6.45, 7) is 6.24. The van der Waals surface area contributed by atoms with Crippen molar-refractivity contribution >= 4 is 27.7 Å².